The first-order chi connectivity index (χ1) is 7.72. The number of likely N-dealkylation sites (tertiary alicyclic amines) is 1. The van der Waals surface area contributed by atoms with Gasteiger partial charge in [0.25, 0.3) is 0 Å². The molecule has 3 nitrogen and oxygen atoms in total. The van der Waals surface area contributed by atoms with Crippen LogP contribution in [0.5, 0.6) is 0 Å². The molecule has 2 atom stereocenters. The van der Waals surface area contributed by atoms with Gasteiger partial charge in [0, 0.05) is 18.5 Å². The van der Waals surface area contributed by atoms with Crippen LogP contribution in [0.15, 0.2) is 0 Å². The first kappa shape index (κ1) is 15.1. The van der Waals surface area contributed by atoms with Crippen molar-refractivity contribution in [3.05, 3.63) is 0 Å². The lowest BCUT2D eigenvalue weighted by atomic mass is 10.0. The van der Waals surface area contributed by atoms with E-state index in [4.69, 9.17) is 5.73 Å². The van der Waals surface area contributed by atoms with Gasteiger partial charge in [-0.15, -0.1) is 12.4 Å². The maximum Gasteiger partial charge on any atom is 0.225 e. The Bertz CT molecular complexity index is 259. The van der Waals surface area contributed by atoms with Crippen molar-refractivity contribution in [1.82, 2.24) is 4.90 Å². The van der Waals surface area contributed by atoms with Gasteiger partial charge in [0.2, 0.25) is 5.91 Å². The highest BCUT2D eigenvalue weighted by Crippen LogP contribution is 2.29. The van der Waals surface area contributed by atoms with Crippen LogP contribution < -0.4 is 5.73 Å². The third-order valence-corrected chi connectivity index (χ3v) is 4.90. The summed E-state index contributed by atoms with van der Waals surface area (Å²) >= 11 is 1.97. The summed E-state index contributed by atoms with van der Waals surface area (Å²) in [7, 11) is 0. The normalized spacial score (nSPS) is 30.1. The van der Waals surface area contributed by atoms with Gasteiger partial charge in [0.15, 0.2) is 0 Å². The number of halogens is 1. The van der Waals surface area contributed by atoms with E-state index < -0.39 is 0 Å². The first-order valence-corrected chi connectivity index (χ1v) is 7.46. The highest BCUT2D eigenvalue weighted by Gasteiger charge is 2.35. The maximum atomic E-state index is 12.3. The fourth-order valence-corrected chi connectivity index (χ4v) is 3.91. The van der Waals surface area contributed by atoms with Crippen molar-refractivity contribution in [1.29, 1.82) is 0 Å². The zero-order valence-corrected chi connectivity index (χ0v) is 12.1. The standard InChI is InChI=1S/C12H22N2OS.ClH/c1-9-6-10(7-13)8-14(9)12(15)11-2-4-16-5-3-11;/h9-11H,2-8,13H2,1H3;1H. The molecule has 2 N–H and O–H groups in total. The van der Waals surface area contributed by atoms with E-state index in [0.717, 1.165) is 37.3 Å². The zero-order valence-electron chi connectivity index (χ0n) is 10.4. The summed E-state index contributed by atoms with van der Waals surface area (Å²) in [5, 5.41) is 0. The second-order valence-electron chi connectivity index (χ2n) is 5.06. The van der Waals surface area contributed by atoms with Gasteiger partial charge in [0.1, 0.15) is 0 Å². The van der Waals surface area contributed by atoms with E-state index in [9.17, 15) is 4.79 Å². The quantitative estimate of drug-likeness (QED) is 0.837. The Balaban J connectivity index is 0.00000144. The van der Waals surface area contributed by atoms with Crippen LogP contribution in [0.25, 0.3) is 0 Å². The number of carbonyl (C=O) groups excluding carboxylic acids is 1. The lowest BCUT2D eigenvalue weighted by molar-refractivity contribution is -0.136. The third kappa shape index (κ3) is 3.52. The first-order valence-electron chi connectivity index (χ1n) is 6.30. The number of amides is 1. The average Bonchev–Trinajstić information content (AvgIpc) is 2.71. The minimum absolute atomic E-state index is 0. The van der Waals surface area contributed by atoms with E-state index in [1.165, 1.54) is 0 Å². The molecule has 2 fully saturated rings. The van der Waals surface area contributed by atoms with Crippen molar-refractivity contribution in [2.24, 2.45) is 17.6 Å². The molecule has 0 radical (unpaired) electrons. The number of nitrogens with two attached hydrogens (primary N) is 1. The summed E-state index contributed by atoms with van der Waals surface area (Å²) in [5.74, 6) is 3.51. The van der Waals surface area contributed by atoms with Gasteiger partial charge in [-0.1, -0.05) is 0 Å². The van der Waals surface area contributed by atoms with Crippen LogP contribution in [0.4, 0.5) is 0 Å². The predicted octanol–water partition coefficient (Wildman–Crippen LogP) is 1.75. The molecule has 2 heterocycles. The molecule has 0 aromatic rings. The van der Waals surface area contributed by atoms with Gasteiger partial charge in [0.05, 0.1) is 0 Å². The van der Waals surface area contributed by atoms with Crippen molar-refractivity contribution in [3.8, 4) is 0 Å². The highest BCUT2D eigenvalue weighted by molar-refractivity contribution is 7.99. The Labute approximate surface area is 114 Å². The number of rotatable bonds is 2. The predicted molar refractivity (Wildman–Crippen MR) is 75.6 cm³/mol. The van der Waals surface area contributed by atoms with E-state index in [1.54, 1.807) is 0 Å². The van der Waals surface area contributed by atoms with Gasteiger partial charge in [-0.25, -0.2) is 0 Å². The molecule has 5 heteroatoms. The maximum absolute atomic E-state index is 12.3. The summed E-state index contributed by atoms with van der Waals surface area (Å²) in [5.41, 5.74) is 5.70. The molecule has 1 amide bonds. The molecule has 0 aromatic carbocycles. The molecule has 17 heavy (non-hydrogen) atoms. The summed E-state index contributed by atoms with van der Waals surface area (Å²) in [6.45, 7) is 3.76. The van der Waals surface area contributed by atoms with Crippen molar-refractivity contribution < 1.29 is 4.79 Å². The second-order valence-corrected chi connectivity index (χ2v) is 6.29. The average molecular weight is 279 g/mol. The van der Waals surface area contributed by atoms with Crippen LogP contribution >= 0.6 is 24.2 Å². The van der Waals surface area contributed by atoms with Gasteiger partial charge >= 0.3 is 0 Å². The SMILES string of the molecule is CC1CC(CN)CN1C(=O)C1CCSCC1.Cl. The highest BCUT2D eigenvalue weighted by atomic mass is 35.5. The molecule has 2 saturated heterocycles. The van der Waals surface area contributed by atoms with Gasteiger partial charge in [-0.3, -0.25) is 4.79 Å². The Morgan fingerprint density at radius 2 is 2.06 bits per heavy atom. The molecule has 0 aromatic heterocycles. The van der Waals surface area contributed by atoms with Crippen molar-refractivity contribution >= 4 is 30.1 Å². The fraction of sp³-hybridized carbons (Fsp3) is 0.917. The minimum atomic E-state index is 0. The van der Waals surface area contributed by atoms with Crippen LogP contribution in [-0.4, -0.2) is 41.4 Å². The van der Waals surface area contributed by atoms with Gasteiger partial charge in [-0.2, -0.15) is 11.8 Å². The molecular formula is C12H23ClN2OS. The molecule has 2 aliphatic rings. The Morgan fingerprint density at radius 1 is 1.41 bits per heavy atom. The molecule has 100 valence electrons. The Kier molecular flexibility index (Phi) is 6.10. The van der Waals surface area contributed by atoms with Crippen LogP contribution in [0.3, 0.4) is 0 Å². The topological polar surface area (TPSA) is 46.3 Å². The van der Waals surface area contributed by atoms with Crippen molar-refractivity contribution in [2.75, 3.05) is 24.6 Å². The number of carbonyl (C=O) groups is 1. The van der Waals surface area contributed by atoms with E-state index in [-0.39, 0.29) is 12.4 Å². The molecule has 2 rings (SSSR count). The van der Waals surface area contributed by atoms with Crippen LogP contribution in [-0.2, 0) is 4.79 Å². The number of thioether (sulfide) groups is 1. The summed E-state index contributed by atoms with van der Waals surface area (Å²) in [6.07, 6.45) is 3.23. The Morgan fingerprint density at radius 3 is 2.59 bits per heavy atom. The van der Waals surface area contributed by atoms with E-state index in [2.05, 4.69) is 11.8 Å². The Hall–Kier alpha value is 0.0700. The molecule has 0 bridgehead atoms. The summed E-state index contributed by atoms with van der Waals surface area (Å²) in [6, 6.07) is 0.399. The van der Waals surface area contributed by atoms with Gasteiger partial charge < -0.3 is 10.6 Å². The molecule has 2 unspecified atom stereocenters. The van der Waals surface area contributed by atoms with E-state index in [0.29, 0.717) is 30.3 Å². The van der Waals surface area contributed by atoms with Crippen LogP contribution in [0, 0.1) is 11.8 Å². The minimum Gasteiger partial charge on any atom is -0.339 e. The number of hydrogen-bond donors (Lipinski definition) is 1. The van der Waals surface area contributed by atoms with E-state index >= 15 is 0 Å². The molecule has 0 saturated carbocycles. The van der Waals surface area contributed by atoms with Crippen molar-refractivity contribution in [2.45, 2.75) is 32.2 Å². The van der Waals surface area contributed by atoms with Crippen LogP contribution in [0.1, 0.15) is 26.2 Å². The smallest absolute Gasteiger partial charge is 0.225 e. The molecule has 0 spiro atoms. The molecule has 2 aliphatic heterocycles. The number of hydrogen-bond acceptors (Lipinski definition) is 3. The van der Waals surface area contributed by atoms with Gasteiger partial charge in [-0.05, 0) is 50.2 Å². The van der Waals surface area contributed by atoms with Crippen molar-refractivity contribution in [3.63, 3.8) is 0 Å². The summed E-state index contributed by atoms with van der Waals surface area (Å²) < 4.78 is 0. The molecule has 0 aliphatic carbocycles. The largest absolute Gasteiger partial charge is 0.339 e. The lowest BCUT2D eigenvalue weighted by Gasteiger charge is -2.29. The second kappa shape index (κ2) is 6.86. The fourth-order valence-electron chi connectivity index (χ4n) is 2.80. The summed E-state index contributed by atoms with van der Waals surface area (Å²) in [4.78, 5) is 14.4. The molecular weight excluding hydrogens is 256 g/mol. The monoisotopic (exact) mass is 278 g/mol. The zero-order chi connectivity index (χ0) is 11.5. The third-order valence-electron chi connectivity index (χ3n) is 3.85. The number of nitrogens with zero attached hydrogens (tertiary/aromatic N) is 1. The van der Waals surface area contributed by atoms with Crippen LogP contribution in [0.2, 0.25) is 0 Å². The lowest BCUT2D eigenvalue weighted by Crippen LogP contribution is -2.40. The van der Waals surface area contributed by atoms with E-state index in [1.807, 2.05) is 11.8 Å².